The van der Waals surface area contributed by atoms with Crippen molar-refractivity contribution in [3.05, 3.63) is 29.3 Å². The van der Waals surface area contributed by atoms with Crippen molar-refractivity contribution in [1.82, 2.24) is 0 Å². The average Bonchev–Trinajstić information content (AvgIpc) is 2.31. The summed E-state index contributed by atoms with van der Waals surface area (Å²) in [5, 5.41) is 2.63. The Bertz CT molecular complexity index is 529. The molecule has 1 N–H and O–H groups in total. The van der Waals surface area contributed by atoms with Gasteiger partial charge in [0, 0.05) is 19.0 Å². The normalized spacial score (nSPS) is 11.3. The Balaban J connectivity index is 2.89. The molecule has 1 atom stereocenters. The topological polar surface area (TPSA) is 55.4 Å². The molecule has 0 aromatic heterocycles. The first-order valence-electron chi connectivity index (χ1n) is 5.96. The molecule has 1 amide bonds. The Morgan fingerprint density at radius 1 is 1.47 bits per heavy atom. The first-order chi connectivity index (χ1) is 8.93. The van der Waals surface area contributed by atoms with E-state index in [1.165, 1.54) is 6.92 Å². The van der Waals surface area contributed by atoms with Crippen LogP contribution in [0.1, 0.15) is 36.2 Å². The highest BCUT2D eigenvalue weighted by Gasteiger charge is 2.14. The number of carbonyl (C=O) groups is 2. The van der Waals surface area contributed by atoms with Gasteiger partial charge in [0.1, 0.15) is 6.10 Å². The number of carbonyl (C=O) groups excluding carboxylic acids is 2. The number of nitrogens with one attached hydrogen (secondary N) is 1. The summed E-state index contributed by atoms with van der Waals surface area (Å²) >= 11 is 0. The lowest BCUT2D eigenvalue weighted by Gasteiger charge is -2.13. The van der Waals surface area contributed by atoms with Crippen molar-refractivity contribution in [1.29, 1.82) is 0 Å². The zero-order valence-electron chi connectivity index (χ0n) is 11.3. The van der Waals surface area contributed by atoms with E-state index in [1.54, 1.807) is 32.0 Å². The third kappa shape index (κ3) is 4.47. The van der Waals surface area contributed by atoms with Crippen LogP contribution in [0.5, 0.6) is 0 Å². The van der Waals surface area contributed by atoms with Crippen LogP contribution in [-0.4, -0.2) is 18.0 Å². The fourth-order valence-electron chi connectivity index (χ4n) is 1.58. The second-order valence-electron chi connectivity index (χ2n) is 4.34. The number of anilines is 1. The Morgan fingerprint density at radius 2 is 2.16 bits per heavy atom. The summed E-state index contributed by atoms with van der Waals surface area (Å²) < 4.78 is 5.22. The molecular weight excluding hydrogens is 242 g/mol. The van der Waals surface area contributed by atoms with E-state index in [9.17, 15) is 9.59 Å². The number of hydrogen-bond acceptors (Lipinski definition) is 3. The van der Waals surface area contributed by atoms with Gasteiger partial charge < -0.3 is 10.1 Å². The summed E-state index contributed by atoms with van der Waals surface area (Å²) in [6, 6.07) is 5.09. The molecule has 0 saturated heterocycles. The van der Waals surface area contributed by atoms with E-state index in [4.69, 9.17) is 11.2 Å². The number of ether oxygens (including phenoxy) is 1. The van der Waals surface area contributed by atoms with Gasteiger partial charge in [-0.1, -0.05) is 6.07 Å². The van der Waals surface area contributed by atoms with E-state index in [0.717, 1.165) is 5.56 Å². The Labute approximate surface area is 113 Å². The third-order valence-corrected chi connectivity index (χ3v) is 2.49. The van der Waals surface area contributed by atoms with Gasteiger partial charge in [-0.05, 0) is 31.5 Å². The zero-order chi connectivity index (χ0) is 14.4. The molecule has 1 aromatic rings. The van der Waals surface area contributed by atoms with E-state index in [2.05, 4.69) is 11.2 Å². The minimum absolute atomic E-state index is 0.191. The van der Waals surface area contributed by atoms with Crippen molar-refractivity contribution in [3.8, 4) is 12.3 Å². The molecule has 4 heteroatoms. The summed E-state index contributed by atoms with van der Waals surface area (Å²) in [5.41, 5.74) is 1.77. The Hall–Kier alpha value is -2.28. The number of hydrogen-bond donors (Lipinski definition) is 1. The highest BCUT2D eigenvalue weighted by Crippen LogP contribution is 2.17. The third-order valence-electron chi connectivity index (χ3n) is 2.49. The van der Waals surface area contributed by atoms with Crippen molar-refractivity contribution in [2.75, 3.05) is 5.32 Å². The highest BCUT2D eigenvalue weighted by atomic mass is 16.5. The monoisotopic (exact) mass is 259 g/mol. The fraction of sp³-hybridized carbons (Fsp3) is 0.333. The molecule has 19 heavy (non-hydrogen) atoms. The fourth-order valence-corrected chi connectivity index (χ4v) is 1.58. The Morgan fingerprint density at radius 3 is 2.74 bits per heavy atom. The van der Waals surface area contributed by atoms with Gasteiger partial charge in [0.15, 0.2) is 0 Å². The molecule has 0 bridgehead atoms. The maximum atomic E-state index is 12.0. The molecule has 1 aromatic carbocycles. The smallest absolute Gasteiger partial charge is 0.338 e. The summed E-state index contributed by atoms with van der Waals surface area (Å²) in [4.78, 5) is 23.0. The summed E-state index contributed by atoms with van der Waals surface area (Å²) in [6.07, 6.45) is 5.20. The lowest BCUT2D eigenvalue weighted by molar-refractivity contribution is -0.114. The van der Waals surface area contributed by atoms with Crippen molar-refractivity contribution in [2.45, 2.75) is 33.3 Å². The van der Waals surface area contributed by atoms with Crippen molar-refractivity contribution >= 4 is 17.6 Å². The van der Waals surface area contributed by atoms with Crippen LogP contribution < -0.4 is 5.32 Å². The molecule has 4 nitrogen and oxygen atoms in total. The second kappa shape index (κ2) is 6.60. The molecule has 1 rings (SSSR count). The number of terminal acetylenes is 1. The molecule has 0 fully saturated rings. The average molecular weight is 259 g/mol. The van der Waals surface area contributed by atoms with Crippen LogP contribution in [0, 0.1) is 19.3 Å². The molecular formula is C15H17NO3. The van der Waals surface area contributed by atoms with Crippen molar-refractivity contribution in [2.24, 2.45) is 0 Å². The summed E-state index contributed by atoms with van der Waals surface area (Å²) in [5.74, 6) is 1.81. The van der Waals surface area contributed by atoms with Gasteiger partial charge in [0.05, 0.1) is 5.56 Å². The van der Waals surface area contributed by atoms with Crippen LogP contribution in [0.15, 0.2) is 18.2 Å². The van der Waals surface area contributed by atoms with Gasteiger partial charge in [0.25, 0.3) is 0 Å². The number of aryl methyl sites for hydroxylation is 1. The van der Waals surface area contributed by atoms with Crippen LogP contribution in [0.2, 0.25) is 0 Å². The minimum Gasteiger partial charge on any atom is -0.458 e. The standard InChI is InChI=1S/C15H17NO3/c1-5-6-11(3)19-15(18)14-9-13(16-12(4)17)8-7-10(14)2/h1,7-9,11H,6H2,2-4H3,(H,16,17). The minimum atomic E-state index is -0.438. The first-order valence-corrected chi connectivity index (χ1v) is 5.96. The molecule has 0 aliphatic carbocycles. The molecule has 100 valence electrons. The Kier molecular flexibility index (Phi) is 5.13. The van der Waals surface area contributed by atoms with Gasteiger partial charge >= 0.3 is 5.97 Å². The molecule has 1 unspecified atom stereocenters. The predicted octanol–water partition coefficient (Wildman–Crippen LogP) is 2.52. The summed E-state index contributed by atoms with van der Waals surface area (Å²) in [7, 11) is 0. The van der Waals surface area contributed by atoms with Gasteiger partial charge in [-0.25, -0.2) is 4.79 Å². The lowest BCUT2D eigenvalue weighted by atomic mass is 10.1. The number of esters is 1. The molecule has 0 heterocycles. The van der Waals surface area contributed by atoms with E-state index < -0.39 is 5.97 Å². The van der Waals surface area contributed by atoms with E-state index in [1.807, 2.05) is 0 Å². The second-order valence-corrected chi connectivity index (χ2v) is 4.34. The van der Waals surface area contributed by atoms with E-state index >= 15 is 0 Å². The van der Waals surface area contributed by atoms with E-state index in [-0.39, 0.29) is 12.0 Å². The van der Waals surface area contributed by atoms with Gasteiger partial charge in [-0.2, -0.15) is 0 Å². The first kappa shape index (κ1) is 14.8. The maximum absolute atomic E-state index is 12.0. The SMILES string of the molecule is C#CCC(C)OC(=O)c1cc(NC(C)=O)ccc1C. The van der Waals surface area contributed by atoms with Crippen LogP contribution in [0.4, 0.5) is 5.69 Å². The number of amides is 1. The maximum Gasteiger partial charge on any atom is 0.338 e. The van der Waals surface area contributed by atoms with Crippen LogP contribution >= 0.6 is 0 Å². The van der Waals surface area contributed by atoms with Gasteiger partial charge in [0.2, 0.25) is 5.91 Å². The number of rotatable bonds is 4. The molecule has 0 aliphatic rings. The molecule has 0 aliphatic heterocycles. The van der Waals surface area contributed by atoms with Crippen LogP contribution in [0.25, 0.3) is 0 Å². The highest BCUT2D eigenvalue weighted by molar-refractivity contribution is 5.94. The largest absolute Gasteiger partial charge is 0.458 e. The lowest BCUT2D eigenvalue weighted by Crippen LogP contribution is -2.16. The number of benzene rings is 1. The quantitative estimate of drug-likeness (QED) is 0.667. The molecule has 0 spiro atoms. The molecule has 0 radical (unpaired) electrons. The van der Waals surface area contributed by atoms with Gasteiger partial charge in [-0.3, -0.25) is 4.79 Å². The van der Waals surface area contributed by atoms with Crippen molar-refractivity contribution in [3.63, 3.8) is 0 Å². The van der Waals surface area contributed by atoms with Crippen LogP contribution in [-0.2, 0) is 9.53 Å². The van der Waals surface area contributed by atoms with Crippen molar-refractivity contribution < 1.29 is 14.3 Å². The summed E-state index contributed by atoms with van der Waals surface area (Å²) in [6.45, 7) is 4.96. The zero-order valence-corrected chi connectivity index (χ0v) is 11.3. The predicted molar refractivity (Wildman–Crippen MR) is 73.8 cm³/mol. The van der Waals surface area contributed by atoms with E-state index in [0.29, 0.717) is 17.7 Å². The van der Waals surface area contributed by atoms with Crippen LogP contribution in [0.3, 0.4) is 0 Å². The van der Waals surface area contributed by atoms with Gasteiger partial charge in [-0.15, -0.1) is 12.3 Å². The molecule has 0 saturated carbocycles.